The van der Waals surface area contributed by atoms with Crippen molar-refractivity contribution in [2.24, 2.45) is 0 Å². The Bertz CT molecular complexity index is 3980. The van der Waals surface area contributed by atoms with E-state index in [9.17, 15) is 10.5 Å². The van der Waals surface area contributed by atoms with E-state index in [1.54, 1.807) is 12.1 Å². The van der Waals surface area contributed by atoms with E-state index in [0.29, 0.717) is 131 Å². The van der Waals surface area contributed by atoms with Crippen molar-refractivity contribution in [2.45, 2.75) is 55.4 Å². The second-order valence-corrected chi connectivity index (χ2v) is 18.4. The van der Waals surface area contributed by atoms with Gasteiger partial charge >= 0.3 is 0 Å². The van der Waals surface area contributed by atoms with E-state index >= 15 is 4.39 Å². The van der Waals surface area contributed by atoms with Gasteiger partial charge < -0.3 is 9.13 Å². The maximum absolute atomic E-state index is 16.8. The summed E-state index contributed by atoms with van der Waals surface area (Å²) in [6, 6.07) is 36.8. The number of hydrogen-bond acceptors (Lipinski definition) is 14. The number of nitriles is 2. The molecule has 0 fully saturated rings. The maximum Gasteiger partial charge on any atom is 0.163 e. The predicted molar refractivity (Wildman–Crippen MR) is 283 cm³/mol. The molecule has 12 aromatic rings. The first kappa shape index (κ1) is 46.0. The van der Waals surface area contributed by atoms with Crippen LogP contribution in [-0.2, 0) is 0 Å². The van der Waals surface area contributed by atoms with Gasteiger partial charge in [-0.3, -0.25) is 0 Å². The van der Waals surface area contributed by atoms with E-state index < -0.39 is 5.82 Å². The molecule has 0 unspecified atom stereocenters. The summed E-state index contributed by atoms with van der Waals surface area (Å²) in [5, 5.41) is 25.3. The SMILES string of the molecule is Cc1nc(C)nc(-c2ccc3c4ccc(-c5nc(C)nc(C)n5)cc4n(-c4cc(-c5ccc(C#N)cc5F)cc(-n5c6cc(-c7nc(C)nc(C)n7)ccc6c6ccc(-c7nc(C)nc(C)n7)cc65)c4C#N)c3c2)n1. The molecular formula is C58H41FN16. The maximum atomic E-state index is 16.8. The van der Waals surface area contributed by atoms with Gasteiger partial charge in [-0.2, -0.15) is 10.5 Å². The lowest BCUT2D eigenvalue weighted by Crippen LogP contribution is -2.06. The van der Waals surface area contributed by atoms with Crippen LogP contribution in [0.1, 0.15) is 57.7 Å². The zero-order chi connectivity index (χ0) is 52.0. The summed E-state index contributed by atoms with van der Waals surface area (Å²) in [7, 11) is 0. The van der Waals surface area contributed by atoms with Crippen LogP contribution in [0.5, 0.6) is 0 Å². The van der Waals surface area contributed by atoms with Gasteiger partial charge in [0.2, 0.25) is 0 Å². The van der Waals surface area contributed by atoms with Crippen molar-refractivity contribution in [2.75, 3.05) is 0 Å². The molecule has 16 nitrogen and oxygen atoms in total. The third-order valence-corrected chi connectivity index (χ3v) is 13.1. The van der Waals surface area contributed by atoms with Gasteiger partial charge in [0.05, 0.1) is 45.1 Å². The van der Waals surface area contributed by atoms with Crippen molar-refractivity contribution in [1.82, 2.24) is 68.9 Å². The minimum Gasteiger partial charge on any atom is -0.308 e. The monoisotopic (exact) mass is 980 g/mol. The Morgan fingerprint density at radius 2 is 0.653 bits per heavy atom. The summed E-state index contributed by atoms with van der Waals surface area (Å²) in [5.74, 6) is 5.85. The van der Waals surface area contributed by atoms with Gasteiger partial charge in [0.25, 0.3) is 0 Å². The fourth-order valence-corrected chi connectivity index (χ4v) is 10.1. The third kappa shape index (κ3) is 8.00. The molecule has 0 saturated carbocycles. The van der Waals surface area contributed by atoms with Crippen LogP contribution in [0, 0.1) is 83.9 Å². The average molecular weight is 981 g/mol. The van der Waals surface area contributed by atoms with Gasteiger partial charge in [-0.05, 0) is 109 Å². The molecule has 17 heteroatoms. The molecule has 0 aliphatic rings. The second kappa shape index (κ2) is 17.6. The summed E-state index contributed by atoms with van der Waals surface area (Å²) < 4.78 is 20.8. The van der Waals surface area contributed by atoms with E-state index in [-0.39, 0.29) is 16.7 Å². The first-order valence-electron chi connectivity index (χ1n) is 23.9. The zero-order valence-electron chi connectivity index (χ0n) is 41.8. The summed E-state index contributed by atoms with van der Waals surface area (Å²) >= 11 is 0. The molecule has 0 radical (unpaired) electrons. The van der Waals surface area contributed by atoms with Crippen molar-refractivity contribution in [3.8, 4) is 80.2 Å². The van der Waals surface area contributed by atoms with Crippen LogP contribution in [0.3, 0.4) is 0 Å². The normalized spacial score (nSPS) is 11.5. The Hall–Kier alpha value is -10.1. The molecule has 0 spiro atoms. The highest BCUT2D eigenvalue weighted by Crippen LogP contribution is 2.43. The number of fused-ring (bicyclic) bond motifs is 6. The van der Waals surface area contributed by atoms with E-state index in [1.165, 1.54) is 6.07 Å². The molecule has 6 heterocycles. The number of nitrogens with zero attached hydrogens (tertiary/aromatic N) is 16. The Morgan fingerprint density at radius 3 is 0.920 bits per heavy atom. The van der Waals surface area contributed by atoms with Crippen molar-refractivity contribution < 1.29 is 4.39 Å². The lowest BCUT2D eigenvalue weighted by Gasteiger charge is -2.19. The average Bonchev–Trinajstić information content (AvgIpc) is 3.89. The van der Waals surface area contributed by atoms with Crippen LogP contribution in [0.4, 0.5) is 4.39 Å². The molecule has 0 saturated heterocycles. The van der Waals surface area contributed by atoms with Crippen LogP contribution < -0.4 is 0 Å². The summed E-state index contributed by atoms with van der Waals surface area (Å²) in [6.45, 7) is 14.6. The highest BCUT2D eigenvalue weighted by Gasteiger charge is 2.26. The number of aryl methyl sites for hydroxylation is 8. The molecule has 12 rings (SSSR count). The quantitative estimate of drug-likeness (QED) is 0.145. The van der Waals surface area contributed by atoms with Crippen LogP contribution in [-0.4, -0.2) is 68.9 Å². The number of aromatic nitrogens is 14. The van der Waals surface area contributed by atoms with Crippen molar-refractivity contribution in [3.63, 3.8) is 0 Å². The molecule has 0 amide bonds. The largest absolute Gasteiger partial charge is 0.308 e. The molecule has 0 atom stereocenters. The summed E-state index contributed by atoms with van der Waals surface area (Å²) in [5.41, 5.74) is 7.65. The lowest BCUT2D eigenvalue weighted by molar-refractivity contribution is 0.631. The molecule has 0 aliphatic carbocycles. The van der Waals surface area contributed by atoms with Gasteiger partial charge in [0, 0.05) is 49.4 Å². The molecule has 0 aliphatic heterocycles. The molecule has 75 heavy (non-hydrogen) atoms. The van der Waals surface area contributed by atoms with Gasteiger partial charge in [-0.1, -0.05) is 54.6 Å². The number of halogens is 1. The predicted octanol–water partition coefficient (Wildman–Crippen LogP) is 11.3. The highest BCUT2D eigenvalue weighted by atomic mass is 19.1. The van der Waals surface area contributed by atoms with Crippen molar-refractivity contribution in [1.29, 1.82) is 10.5 Å². The standard InChI is InChI=1S/C58H41FN16/c1-28-62-29(2)67-55(66-28)37-10-15-43-44-16-11-38(56-68-30(3)63-31(4)69-56)21-50(44)74(49(43)20-37)53-24-41(42-14-9-36(26-60)19-48(42)59)25-54(47(53)27-61)75-51-22-39(57-70-32(5)64-33(6)71-57)12-17-45(51)46-18-13-40(23-52(46)75)58-72-34(7)65-35(8)73-58/h9-25H,1-8H3. The molecule has 0 bridgehead atoms. The molecule has 0 N–H and O–H groups in total. The Balaban J connectivity index is 1.25. The van der Waals surface area contributed by atoms with Gasteiger partial charge in [0.1, 0.15) is 64.0 Å². The van der Waals surface area contributed by atoms with Crippen LogP contribution in [0.15, 0.2) is 103 Å². The topological polar surface area (TPSA) is 212 Å². The third-order valence-electron chi connectivity index (χ3n) is 13.1. The van der Waals surface area contributed by atoms with Crippen molar-refractivity contribution in [3.05, 3.63) is 167 Å². The number of benzene rings is 6. The van der Waals surface area contributed by atoms with E-state index in [4.69, 9.17) is 39.9 Å². The minimum absolute atomic E-state index is 0.162. The van der Waals surface area contributed by atoms with E-state index in [1.807, 2.05) is 149 Å². The first-order valence-corrected chi connectivity index (χ1v) is 23.9. The molecule has 6 aromatic heterocycles. The molecular weight excluding hydrogens is 940 g/mol. The summed E-state index contributed by atoms with van der Waals surface area (Å²) in [4.78, 5) is 55.6. The van der Waals surface area contributed by atoms with Crippen LogP contribution in [0.25, 0.3) is 112 Å². The first-order chi connectivity index (χ1) is 36.2. The van der Waals surface area contributed by atoms with E-state index in [2.05, 4.69) is 32.1 Å². The number of rotatable bonds is 7. The highest BCUT2D eigenvalue weighted by molar-refractivity contribution is 6.13. The molecule has 360 valence electrons. The number of hydrogen-bond donors (Lipinski definition) is 0. The zero-order valence-corrected chi connectivity index (χ0v) is 41.8. The fraction of sp³-hybridized carbons (Fsp3) is 0.138. The van der Waals surface area contributed by atoms with E-state index in [0.717, 1.165) is 21.5 Å². The van der Waals surface area contributed by atoms with Gasteiger partial charge in [-0.15, -0.1) is 0 Å². The second-order valence-electron chi connectivity index (χ2n) is 18.4. The Morgan fingerprint density at radius 1 is 0.347 bits per heavy atom. The van der Waals surface area contributed by atoms with Gasteiger partial charge in [-0.25, -0.2) is 64.2 Å². The smallest absolute Gasteiger partial charge is 0.163 e. The fourth-order valence-electron chi connectivity index (χ4n) is 10.1. The van der Waals surface area contributed by atoms with Crippen LogP contribution >= 0.6 is 0 Å². The lowest BCUT2D eigenvalue weighted by atomic mass is 9.98. The van der Waals surface area contributed by atoms with Crippen LogP contribution in [0.2, 0.25) is 0 Å². The minimum atomic E-state index is -0.614. The summed E-state index contributed by atoms with van der Waals surface area (Å²) in [6.07, 6.45) is 0. The van der Waals surface area contributed by atoms with Crippen molar-refractivity contribution >= 4 is 43.6 Å². The Kier molecular flexibility index (Phi) is 10.8. The van der Waals surface area contributed by atoms with Gasteiger partial charge in [0.15, 0.2) is 23.3 Å². The Labute approximate surface area is 428 Å². The molecule has 6 aromatic carbocycles.